The SMILES string of the molecule is C=C.C=N/C=C\C(C)=NCc1ccc(-c2c3ccccc3c(-c3ccc(/C(C)=C\C=NC)cc3)c3ccccc23)cc1. The molecule has 0 fully saturated rings. The van der Waals surface area contributed by atoms with Crippen LogP contribution in [0, 0.1) is 0 Å². The Morgan fingerprint density at radius 1 is 0.690 bits per heavy atom. The van der Waals surface area contributed by atoms with Gasteiger partial charge in [-0.2, -0.15) is 0 Å². The average Bonchev–Trinajstić information content (AvgIpc) is 3.05. The number of benzene rings is 5. The minimum Gasteiger partial charge on any atom is -0.297 e. The molecule has 0 aliphatic heterocycles. The fourth-order valence-electron chi connectivity index (χ4n) is 5.14. The first-order valence-corrected chi connectivity index (χ1v) is 14.0. The summed E-state index contributed by atoms with van der Waals surface area (Å²) >= 11 is 0. The van der Waals surface area contributed by atoms with Crippen LogP contribution in [0.25, 0.3) is 49.4 Å². The Labute approximate surface area is 249 Å². The lowest BCUT2D eigenvalue weighted by atomic mass is 9.85. The summed E-state index contributed by atoms with van der Waals surface area (Å²) in [6.45, 7) is 14.2. The molecular formula is C39H37N3. The fourth-order valence-corrected chi connectivity index (χ4v) is 5.14. The van der Waals surface area contributed by atoms with Crippen molar-refractivity contribution in [2.75, 3.05) is 7.05 Å². The van der Waals surface area contributed by atoms with Gasteiger partial charge in [0.15, 0.2) is 0 Å². The maximum absolute atomic E-state index is 4.64. The van der Waals surface area contributed by atoms with Crippen molar-refractivity contribution in [1.82, 2.24) is 0 Å². The lowest BCUT2D eigenvalue weighted by Gasteiger charge is -2.18. The molecule has 3 nitrogen and oxygen atoms in total. The Morgan fingerprint density at radius 3 is 1.62 bits per heavy atom. The van der Waals surface area contributed by atoms with E-state index in [9.17, 15) is 0 Å². The van der Waals surface area contributed by atoms with Gasteiger partial charge in [-0.25, -0.2) is 0 Å². The number of aliphatic imine (C=N–C) groups is 3. The molecule has 0 N–H and O–H groups in total. The largest absolute Gasteiger partial charge is 0.297 e. The molecule has 0 aromatic heterocycles. The Morgan fingerprint density at radius 2 is 1.17 bits per heavy atom. The van der Waals surface area contributed by atoms with Gasteiger partial charge in [-0.15, -0.1) is 13.2 Å². The van der Waals surface area contributed by atoms with E-state index in [0.717, 1.165) is 5.71 Å². The van der Waals surface area contributed by atoms with Crippen LogP contribution in [0.4, 0.5) is 0 Å². The van der Waals surface area contributed by atoms with Crippen molar-refractivity contribution < 1.29 is 0 Å². The van der Waals surface area contributed by atoms with Crippen LogP contribution in [0.3, 0.4) is 0 Å². The second-order valence-electron chi connectivity index (χ2n) is 9.83. The van der Waals surface area contributed by atoms with Crippen LogP contribution in [-0.2, 0) is 6.54 Å². The number of nitrogens with zero attached hydrogens (tertiary/aromatic N) is 3. The molecule has 0 atom stereocenters. The first-order valence-electron chi connectivity index (χ1n) is 14.0. The van der Waals surface area contributed by atoms with E-state index in [1.807, 2.05) is 25.3 Å². The molecule has 208 valence electrons. The van der Waals surface area contributed by atoms with E-state index in [2.05, 4.69) is 139 Å². The highest BCUT2D eigenvalue weighted by Crippen LogP contribution is 2.43. The number of hydrogen-bond acceptors (Lipinski definition) is 3. The molecular weight excluding hydrogens is 510 g/mol. The third-order valence-corrected chi connectivity index (χ3v) is 7.21. The van der Waals surface area contributed by atoms with Crippen LogP contribution < -0.4 is 0 Å². The topological polar surface area (TPSA) is 37.1 Å². The van der Waals surface area contributed by atoms with Crippen molar-refractivity contribution in [3.63, 3.8) is 0 Å². The summed E-state index contributed by atoms with van der Waals surface area (Å²) in [5, 5.41) is 5.00. The Kier molecular flexibility index (Phi) is 10.3. The van der Waals surface area contributed by atoms with Gasteiger partial charge in [0.05, 0.1) is 6.54 Å². The van der Waals surface area contributed by atoms with Crippen LogP contribution >= 0.6 is 0 Å². The quantitative estimate of drug-likeness (QED) is 0.105. The highest BCUT2D eigenvalue weighted by molar-refractivity contribution is 6.21. The Hall–Kier alpha value is -5.15. The molecule has 0 saturated heterocycles. The minimum absolute atomic E-state index is 0.629. The van der Waals surface area contributed by atoms with Gasteiger partial charge in [0.25, 0.3) is 0 Å². The predicted octanol–water partition coefficient (Wildman–Crippen LogP) is 10.4. The number of hydrogen-bond donors (Lipinski definition) is 0. The number of fused-ring (bicyclic) bond motifs is 2. The van der Waals surface area contributed by atoms with Gasteiger partial charge < -0.3 is 0 Å². The summed E-state index contributed by atoms with van der Waals surface area (Å²) in [6.07, 6.45) is 7.42. The van der Waals surface area contributed by atoms with E-state index in [0.29, 0.717) is 6.54 Å². The monoisotopic (exact) mass is 547 g/mol. The smallest absolute Gasteiger partial charge is 0.0642 e. The standard InChI is InChI=1S/C37H33N3.C2H4/c1-26(21-23-38-3)29-17-19-31(20-18-29)37-34-11-7-5-9-32(34)36(33-10-6-8-12-35(33)37)30-15-13-28(14-16-30)25-40-27(2)22-24-39-4;1-2/h5-24H,4,25H2,1-3H3;1-2H2/b24-22-,26-21-,38-23?,40-27?;. The van der Waals surface area contributed by atoms with Crippen LogP contribution in [0.5, 0.6) is 0 Å². The van der Waals surface area contributed by atoms with Gasteiger partial charge in [-0.3, -0.25) is 15.0 Å². The molecule has 0 spiro atoms. The summed E-state index contributed by atoms with van der Waals surface area (Å²) in [7, 11) is 1.79. The molecule has 0 heterocycles. The van der Waals surface area contributed by atoms with Crippen LogP contribution in [0.1, 0.15) is 25.0 Å². The highest BCUT2D eigenvalue weighted by Gasteiger charge is 2.16. The Balaban J connectivity index is 0.00000198. The molecule has 0 amide bonds. The molecule has 0 bridgehead atoms. The molecule has 5 aromatic rings. The Bertz CT molecular complexity index is 1740. The number of allylic oxidation sites excluding steroid dienone is 3. The second-order valence-corrected chi connectivity index (χ2v) is 9.83. The molecule has 5 rings (SSSR count). The van der Waals surface area contributed by atoms with E-state index in [4.69, 9.17) is 0 Å². The summed E-state index contributed by atoms with van der Waals surface area (Å²) in [5.74, 6) is 0. The highest BCUT2D eigenvalue weighted by atomic mass is 14.7. The van der Waals surface area contributed by atoms with E-state index in [-0.39, 0.29) is 0 Å². The third kappa shape index (κ3) is 6.59. The third-order valence-electron chi connectivity index (χ3n) is 7.21. The molecule has 0 radical (unpaired) electrons. The molecule has 3 heteroatoms. The van der Waals surface area contributed by atoms with Crippen LogP contribution in [0.2, 0.25) is 0 Å². The lowest BCUT2D eigenvalue weighted by molar-refractivity contribution is 1.07. The van der Waals surface area contributed by atoms with E-state index >= 15 is 0 Å². The van der Waals surface area contributed by atoms with Crippen LogP contribution in [-0.4, -0.2) is 25.7 Å². The van der Waals surface area contributed by atoms with Gasteiger partial charge in [-0.1, -0.05) is 97.1 Å². The van der Waals surface area contributed by atoms with Crippen molar-refractivity contribution in [1.29, 1.82) is 0 Å². The normalized spacial score (nSPS) is 12.2. The summed E-state index contributed by atoms with van der Waals surface area (Å²) < 4.78 is 0. The zero-order valence-electron chi connectivity index (χ0n) is 24.7. The molecule has 42 heavy (non-hydrogen) atoms. The average molecular weight is 548 g/mol. The summed E-state index contributed by atoms with van der Waals surface area (Å²) in [5.41, 5.74) is 9.42. The van der Waals surface area contributed by atoms with E-state index < -0.39 is 0 Å². The van der Waals surface area contributed by atoms with Crippen LogP contribution in [0.15, 0.2) is 144 Å². The lowest BCUT2D eigenvalue weighted by Crippen LogP contribution is -1.92. The molecule has 0 unspecified atom stereocenters. The van der Waals surface area contributed by atoms with Gasteiger partial charge in [0, 0.05) is 25.2 Å². The first-order chi connectivity index (χ1) is 20.6. The maximum atomic E-state index is 4.64. The molecule has 0 saturated carbocycles. The van der Waals surface area contributed by atoms with Gasteiger partial charge >= 0.3 is 0 Å². The maximum Gasteiger partial charge on any atom is 0.0642 e. The zero-order valence-corrected chi connectivity index (χ0v) is 24.7. The van der Waals surface area contributed by atoms with E-state index in [1.54, 1.807) is 13.2 Å². The van der Waals surface area contributed by atoms with Crippen molar-refractivity contribution in [2.45, 2.75) is 20.4 Å². The van der Waals surface area contributed by atoms with Gasteiger partial charge in [0.1, 0.15) is 0 Å². The van der Waals surface area contributed by atoms with Gasteiger partial charge in [-0.05, 0) is 93.2 Å². The molecule has 5 aromatic carbocycles. The summed E-state index contributed by atoms with van der Waals surface area (Å²) in [4.78, 5) is 12.5. The van der Waals surface area contributed by atoms with Crippen molar-refractivity contribution in [3.8, 4) is 22.3 Å². The van der Waals surface area contributed by atoms with Crippen molar-refractivity contribution >= 4 is 45.8 Å². The van der Waals surface area contributed by atoms with Gasteiger partial charge in [0.2, 0.25) is 0 Å². The fraction of sp³-hybridized carbons (Fsp3) is 0.103. The zero-order chi connectivity index (χ0) is 29.9. The van der Waals surface area contributed by atoms with E-state index in [1.165, 1.54) is 60.5 Å². The molecule has 0 aliphatic rings. The molecule has 0 aliphatic carbocycles. The number of rotatable bonds is 8. The minimum atomic E-state index is 0.629. The summed E-state index contributed by atoms with van der Waals surface area (Å²) in [6, 6.07) is 35.2. The van der Waals surface area contributed by atoms with Crippen molar-refractivity contribution in [3.05, 3.63) is 140 Å². The first kappa shape index (κ1) is 29.8. The van der Waals surface area contributed by atoms with Crippen molar-refractivity contribution in [2.24, 2.45) is 15.0 Å². The second kappa shape index (κ2) is 14.5. The predicted molar refractivity (Wildman–Crippen MR) is 187 cm³/mol.